The van der Waals surface area contributed by atoms with Crippen molar-refractivity contribution in [2.45, 2.75) is 45.7 Å². The van der Waals surface area contributed by atoms with Gasteiger partial charge in [-0.15, -0.1) is 0 Å². The van der Waals surface area contributed by atoms with Gasteiger partial charge in [-0.3, -0.25) is 0 Å². The third-order valence-electron chi connectivity index (χ3n) is 5.04. The lowest BCUT2D eigenvalue weighted by Crippen LogP contribution is -2.35. The summed E-state index contributed by atoms with van der Waals surface area (Å²) in [6.45, 7) is 4.58. The fraction of sp³-hybridized carbons (Fsp3) is 0.857. The second kappa shape index (κ2) is 5.60. The van der Waals surface area contributed by atoms with E-state index in [0.29, 0.717) is 17.8 Å². The molecule has 0 aromatic heterocycles. The molecule has 4 heteroatoms. The normalized spacial score (nSPS) is 40.2. The average molecular weight is 248 g/mol. The maximum Gasteiger partial charge on any atom is 0.237 e. The van der Waals surface area contributed by atoms with Crippen LogP contribution in [0.4, 0.5) is 0 Å². The number of hydrogen-bond acceptors (Lipinski definition) is 4. The fourth-order valence-electron chi connectivity index (χ4n) is 4.20. The first-order valence-corrected chi connectivity index (χ1v) is 6.83. The zero-order valence-electron chi connectivity index (χ0n) is 11.0. The van der Waals surface area contributed by atoms with Gasteiger partial charge in [-0.1, -0.05) is 26.7 Å². The predicted molar refractivity (Wildman–Crippen MR) is 67.3 cm³/mol. The van der Waals surface area contributed by atoms with Crippen LogP contribution >= 0.6 is 0 Å². The maximum absolute atomic E-state index is 10.5. The zero-order chi connectivity index (χ0) is 13.1. The van der Waals surface area contributed by atoms with Crippen molar-refractivity contribution >= 4 is 12.2 Å². The van der Waals surface area contributed by atoms with Crippen LogP contribution in [0.15, 0.2) is 9.98 Å². The minimum atomic E-state index is -0.553. The molecule has 0 heterocycles. The molecule has 2 saturated carbocycles. The van der Waals surface area contributed by atoms with E-state index in [1.165, 1.54) is 19.3 Å². The molecule has 0 saturated heterocycles. The molecule has 0 spiro atoms. The molecule has 2 aliphatic rings. The van der Waals surface area contributed by atoms with Crippen molar-refractivity contribution in [2.24, 2.45) is 39.6 Å². The van der Waals surface area contributed by atoms with E-state index >= 15 is 0 Å². The van der Waals surface area contributed by atoms with Gasteiger partial charge in [0.05, 0.1) is 0 Å². The molecule has 0 aliphatic heterocycles. The van der Waals surface area contributed by atoms with Gasteiger partial charge in [-0.05, 0) is 36.5 Å². The van der Waals surface area contributed by atoms with E-state index in [1.54, 1.807) is 12.2 Å². The molecule has 18 heavy (non-hydrogen) atoms. The van der Waals surface area contributed by atoms with Crippen molar-refractivity contribution < 1.29 is 9.59 Å². The highest BCUT2D eigenvalue weighted by Crippen LogP contribution is 2.52. The van der Waals surface area contributed by atoms with E-state index < -0.39 is 6.17 Å². The molecule has 0 amide bonds. The summed E-state index contributed by atoms with van der Waals surface area (Å²) < 4.78 is 0. The molecule has 2 rings (SSSR count). The molecule has 0 bridgehead atoms. The maximum atomic E-state index is 10.5. The molecule has 2 fully saturated rings. The molecular weight excluding hydrogens is 228 g/mol. The van der Waals surface area contributed by atoms with Gasteiger partial charge in [-0.25, -0.2) is 9.59 Å². The summed E-state index contributed by atoms with van der Waals surface area (Å²) in [5.41, 5.74) is 0. The van der Waals surface area contributed by atoms with E-state index in [0.717, 1.165) is 12.3 Å². The van der Waals surface area contributed by atoms with E-state index in [2.05, 4.69) is 23.8 Å². The Labute approximate surface area is 108 Å². The first-order chi connectivity index (χ1) is 8.69. The quantitative estimate of drug-likeness (QED) is 0.569. The highest BCUT2D eigenvalue weighted by molar-refractivity contribution is 5.37. The zero-order valence-corrected chi connectivity index (χ0v) is 11.0. The number of carbonyl (C=O) groups excluding carboxylic acids is 2. The summed E-state index contributed by atoms with van der Waals surface area (Å²) in [5.74, 6) is 2.82. The SMILES string of the molecule is CC1CCC(C)C2C1CCC2C(N=C=O)N=C=O. The van der Waals surface area contributed by atoms with Crippen LogP contribution in [0.3, 0.4) is 0 Å². The van der Waals surface area contributed by atoms with Gasteiger partial charge >= 0.3 is 0 Å². The summed E-state index contributed by atoms with van der Waals surface area (Å²) in [7, 11) is 0. The third-order valence-corrected chi connectivity index (χ3v) is 5.04. The van der Waals surface area contributed by atoms with Crippen LogP contribution in [0.5, 0.6) is 0 Å². The summed E-state index contributed by atoms with van der Waals surface area (Å²) in [5, 5.41) is 0. The number of rotatable bonds is 3. The van der Waals surface area contributed by atoms with Crippen LogP contribution in [0, 0.1) is 29.6 Å². The molecule has 4 nitrogen and oxygen atoms in total. The predicted octanol–water partition coefficient (Wildman–Crippen LogP) is 2.69. The number of nitrogens with zero attached hydrogens (tertiary/aromatic N) is 2. The lowest BCUT2D eigenvalue weighted by atomic mass is 9.66. The Morgan fingerprint density at radius 1 is 0.944 bits per heavy atom. The number of fused-ring (bicyclic) bond motifs is 1. The highest BCUT2D eigenvalue weighted by atomic mass is 16.1. The molecule has 0 N–H and O–H groups in total. The van der Waals surface area contributed by atoms with Crippen molar-refractivity contribution in [3.05, 3.63) is 0 Å². The number of isocyanates is 2. The first kappa shape index (κ1) is 13.2. The van der Waals surface area contributed by atoms with Crippen molar-refractivity contribution in [3.63, 3.8) is 0 Å². The molecule has 98 valence electrons. The molecule has 0 radical (unpaired) electrons. The second-order valence-corrected chi connectivity index (χ2v) is 5.87. The van der Waals surface area contributed by atoms with Gasteiger partial charge in [0.1, 0.15) is 0 Å². The summed E-state index contributed by atoms with van der Waals surface area (Å²) in [6.07, 6.45) is 7.23. The Bertz CT molecular complexity index is 379. The first-order valence-electron chi connectivity index (χ1n) is 6.83. The fourth-order valence-corrected chi connectivity index (χ4v) is 4.20. The van der Waals surface area contributed by atoms with Crippen LogP contribution in [-0.4, -0.2) is 18.3 Å². The van der Waals surface area contributed by atoms with E-state index in [1.807, 2.05) is 0 Å². The van der Waals surface area contributed by atoms with Crippen LogP contribution in [-0.2, 0) is 9.59 Å². The minimum absolute atomic E-state index is 0.218. The number of aliphatic imine (C=N–C) groups is 2. The summed E-state index contributed by atoms with van der Waals surface area (Å²) >= 11 is 0. The van der Waals surface area contributed by atoms with Crippen LogP contribution in [0.25, 0.3) is 0 Å². The average Bonchev–Trinajstić information content (AvgIpc) is 2.79. The lowest BCUT2D eigenvalue weighted by molar-refractivity contribution is 0.0981. The van der Waals surface area contributed by atoms with Crippen molar-refractivity contribution in [3.8, 4) is 0 Å². The molecule has 5 unspecified atom stereocenters. The molecule has 0 aromatic carbocycles. The van der Waals surface area contributed by atoms with Gasteiger partial charge in [0.15, 0.2) is 6.17 Å². The van der Waals surface area contributed by atoms with Gasteiger partial charge in [0.25, 0.3) is 0 Å². The van der Waals surface area contributed by atoms with Crippen molar-refractivity contribution in [1.29, 1.82) is 0 Å². The minimum Gasteiger partial charge on any atom is -0.211 e. The molecule has 5 atom stereocenters. The van der Waals surface area contributed by atoms with Gasteiger partial charge in [0.2, 0.25) is 12.2 Å². The smallest absolute Gasteiger partial charge is 0.211 e. The third kappa shape index (κ3) is 2.31. The molecular formula is C14H20N2O2. The van der Waals surface area contributed by atoms with Crippen LogP contribution in [0.1, 0.15) is 39.5 Å². The topological polar surface area (TPSA) is 58.9 Å². The van der Waals surface area contributed by atoms with E-state index in [9.17, 15) is 9.59 Å². The van der Waals surface area contributed by atoms with E-state index in [-0.39, 0.29) is 5.92 Å². The Kier molecular flexibility index (Phi) is 4.11. The van der Waals surface area contributed by atoms with Gasteiger partial charge < -0.3 is 0 Å². The highest BCUT2D eigenvalue weighted by Gasteiger charge is 2.47. The van der Waals surface area contributed by atoms with Gasteiger partial charge in [-0.2, -0.15) is 9.98 Å². The van der Waals surface area contributed by atoms with Crippen LogP contribution < -0.4 is 0 Å². The Balaban J connectivity index is 2.23. The summed E-state index contributed by atoms with van der Waals surface area (Å²) in [4.78, 5) is 28.4. The Hall–Kier alpha value is -1.24. The van der Waals surface area contributed by atoms with Crippen molar-refractivity contribution in [2.75, 3.05) is 0 Å². The Morgan fingerprint density at radius 3 is 2.17 bits per heavy atom. The number of hydrogen-bond donors (Lipinski definition) is 0. The molecule has 0 aromatic rings. The monoisotopic (exact) mass is 248 g/mol. The van der Waals surface area contributed by atoms with Crippen molar-refractivity contribution in [1.82, 2.24) is 0 Å². The lowest BCUT2D eigenvalue weighted by Gasteiger charge is -2.39. The second-order valence-electron chi connectivity index (χ2n) is 5.87. The van der Waals surface area contributed by atoms with Crippen LogP contribution in [0.2, 0.25) is 0 Å². The van der Waals surface area contributed by atoms with Gasteiger partial charge in [0, 0.05) is 5.92 Å². The Morgan fingerprint density at radius 2 is 1.56 bits per heavy atom. The standard InChI is InChI=1S/C14H20N2O2/c1-9-3-4-10(2)13-11(9)5-6-12(13)14(15-7-17)16-8-18/h9-14H,3-6H2,1-2H3. The molecule has 2 aliphatic carbocycles. The largest absolute Gasteiger partial charge is 0.237 e. The summed E-state index contributed by atoms with van der Waals surface area (Å²) in [6, 6.07) is 0. The van der Waals surface area contributed by atoms with E-state index in [4.69, 9.17) is 0 Å².